The van der Waals surface area contributed by atoms with Crippen LogP contribution in [-0.2, 0) is 0 Å². The topological polar surface area (TPSA) is 51.5 Å². The van der Waals surface area contributed by atoms with Gasteiger partial charge in [0, 0.05) is 11.6 Å². The monoisotopic (exact) mass is 253 g/mol. The first-order valence-electron chi connectivity index (χ1n) is 4.74. The molecule has 0 aliphatic heterocycles. The van der Waals surface area contributed by atoms with Crippen LogP contribution < -0.4 is 14.2 Å². The van der Waals surface area contributed by atoms with Crippen molar-refractivity contribution in [2.24, 2.45) is 0 Å². The van der Waals surface area contributed by atoms with Gasteiger partial charge in [0.15, 0.2) is 11.5 Å². The molecule has 1 aromatic carbocycles. The van der Waals surface area contributed by atoms with Crippen molar-refractivity contribution in [2.75, 3.05) is 21.3 Å². The fourth-order valence-electron chi connectivity index (χ4n) is 1.42. The van der Waals surface area contributed by atoms with Crippen LogP contribution in [0.25, 0.3) is 5.03 Å². The molecule has 0 fully saturated rings. The third-order valence-corrected chi connectivity index (χ3v) is 2.47. The molecule has 17 heavy (non-hydrogen) atoms. The summed E-state index contributed by atoms with van der Waals surface area (Å²) in [5.41, 5.74) is 0.577. The third-order valence-electron chi connectivity index (χ3n) is 2.15. The number of ether oxygens (including phenoxy) is 3. The molecule has 0 saturated heterocycles. The van der Waals surface area contributed by atoms with E-state index in [0.29, 0.717) is 22.8 Å². The molecule has 0 radical (unpaired) electrons. The summed E-state index contributed by atoms with van der Waals surface area (Å²) in [5.74, 6) is 1.41. The summed E-state index contributed by atoms with van der Waals surface area (Å²) in [6.45, 7) is 0. The number of rotatable bonds is 4. The second-order valence-corrected chi connectivity index (χ2v) is 3.41. The highest BCUT2D eigenvalue weighted by molar-refractivity contribution is 6.49. The SMILES string of the molecule is COc1ccc(/C(Cl)=C/C#N)c(OC)c1OC. The molecule has 0 heterocycles. The summed E-state index contributed by atoms with van der Waals surface area (Å²) >= 11 is 5.98. The van der Waals surface area contributed by atoms with E-state index in [-0.39, 0.29) is 5.03 Å². The molecule has 0 unspecified atom stereocenters. The van der Waals surface area contributed by atoms with Crippen molar-refractivity contribution in [3.05, 3.63) is 23.8 Å². The summed E-state index contributed by atoms with van der Waals surface area (Å²) in [5, 5.41) is 8.86. The molecule has 0 atom stereocenters. The number of hydrogen-bond acceptors (Lipinski definition) is 4. The van der Waals surface area contributed by atoms with Gasteiger partial charge in [-0.15, -0.1) is 0 Å². The minimum Gasteiger partial charge on any atom is -0.493 e. The van der Waals surface area contributed by atoms with Gasteiger partial charge in [-0.25, -0.2) is 0 Å². The molecule has 0 aliphatic rings. The van der Waals surface area contributed by atoms with E-state index in [0.717, 1.165) is 0 Å². The van der Waals surface area contributed by atoms with Gasteiger partial charge in [0.2, 0.25) is 5.75 Å². The number of benzene rings is 1. The molecule has 1 aromatic rings. The van der Waals surface area contributed by atoms with Crippen LogP contribution in [0.1, 0.15) is 5.56 Å². The van der Waals surface area contributed by atoms with E-state index in [1.165, 1.54) is 27.4 Å². The Labute approximate surface area is 105 Å². The Morgan fingerprint density at radius 3 is 2.29 bits per heavy atom. The third kappa shape index (κ3) is 2.63. The minimum atomic E-state index is 0.283. The molecular formula is C12H12ClNO3. The molecule has 0 saturated carbocycles. The maximum Gasteiger partial charge on any atom is 0.203 e. The zero-order valence-corrected chi connectivity index (χ0v) is 10.5. The van der Waals surface area contributed by atoms with E-state index in [1.54, 1.807) is 12.1 Å². The minimum absolute atomic E-state index is 0.283. The summed E-state index contributed by atoms with van der Waals surface area (Å²) < 4.78 is 15.6. The van der Waals surface area contributed by atoms with Gasteiger partial charge >= 0.3 is 0 Å². The Morgan fingerprint density at radius 1 is 1.18 bits per heavy atom. The quantitative estimate of drug-likeness (QED) is 0.775. The number of halogens is 1. The average molecular weight is 254 g/mol. The van der Waals surface area contributed by atoms with Gasteiger partial charge in [0.1, 0.15) is 0 Å². The first kappa shape index (κ1) is 13.2. The van der Waals surface area contributed by atoms with Crippen molar-refractivity contribution >= 4 is 16.6 Å². The number of allylic oxidation sites excluding steroid dienone is 1. The Kier molecular flexibility index (Phi) is 4.68. The van der Waals surface area contributed by atoms with Crippen molar-refractivity contribution in [3.63, 3.8) is 0 Å². The number of nitrogens with zero attached hydrogens (tertiary/aromatic N) is 1. The largest absolute Gasteiger partial charge is 0.493 e. The van der Waals surface area contributed by atoms with Crippen molar-refractivity contribution in [2.45, 2.75) is 0 Å². The lowest BCUT2D eigenvalue weighted by Gasteiger charge is -2.14. The molecule has 1 rings (SSSR count). The van der Waals surface area contributed by atoms with Crippen molar-refractivity contribution in [1.29, 1.82) is 5.26 Å². The highest BCUT2D eigenvalue weighted by Gasteiger charge is 2.17. The normalized spacial score (nSPS) is 10.6. The summed E-state index contributed by atoms with van der Waals surface area (Å²) in [6, 6.07) is 5.27. The van der Waals surface area contributed by atoms with Crippen LogP contribution in [0.2, 0.25) is 0 Å². The molecule has 0 bridgehead atoms. The molecule has 4 nitrogen and oxygen atoms in total. The summed E-state index contributed by atoms with van der Waals surface area (Å²) in [4.78, 5) is 0. The second-order valence-electron chi connectivity index (χ2n) is 3.00. The van der Waals surface area contributed by atoms with Gasteiger partial charge in [-0.1, -0.05) is 11.6 Å². The maximum absolute atomic E-state index is 8.58. The summed E-state index contributed by atoms with van der Waals surface area (Å²) in [7, 11) is 4.53. The number of methoxy groups -OCH3 is 3. The predicted molar refractivity (Wildman–Crippen MR) is 65.5 cm³/mol. The van der Waals surface area contributed by atoms with E-state index >= 15 is 0 Å². The first-order valence-corrected chi connectivity index (χ1v) is 5.12. The van der Waals surface area contributed by atoms with Gasteiger partial charge in [0.25, 0.3) is 0 Å². The Morgan fingerprint density at radius 2 is 1.82 bits per heavy atom. The van der Waals surface area contributed by atoms with Crippen LogP contribution in [0.3, 0.4) is 0 Å². The highest BCUT2D eigenvalue weighted by Crippen LogP contribution is 2.43. The molecular weight excluding hydrogens is 242 g/mol. The zero-order valence-electron chi connectivity index (χ0n) is 9.78. The lowest BCUT2D eigenvalue weighted by Crippen LogP contribution is -1.97. The van der Waals surface area contributed by atoms with Crippen LogP contribution in [0.5, 0.6) is 17.2 Å². The Hall–Kier alpha value is -1.86. The molecule has 0 spiro atoms. The lowest BCUT2D eigenvalue weighted by molar-refractivity contribution is 0.324. The second kappa shape index (κ2) is 6.02. The zero-order chi connectivity index (χ0) is 12.8. The van der Waals surface area contributed by atoms with E-state index < -0.39 is 0 Å². The van der Waals surface area contributed by atoms with Gasteiger partial charge in [-0.3, -0.25) is 0 Å². The van der Waals surface area contributed by atoms with Crippen LogP contribution in [-0.4, -0.2) is 21.3 Å². The fourth-order valence-corrected chi connectivity index (χ4v) is 1.62. The predicted octanol–water partition coefficient (Wildman–Crippen LogP) is 2.82. The van der Waals surface area contributed by atoms with E-state index in [1.807, 2.05) is 6.07 Å². The number of hydrogen-bond donors (Lipinski definition) is 0. The fraction of sp³-hybridized carbons (Fsp3) is 0.250. The first-order chi connectivity index (χ1) is 8.19. The molecule has 5 heteroatoms. The molecule has 0 aliphatic carbocycles. The highest BCUT2D eigenvalue weighted by atomic mass is 35.5. The van der Waals surface area contributed by atoms with Gasteiger partial charge in [0.05, 0.1) is 32.4 Å². The van der Waals surface area contributed by atoms with E-state index in [2.05, 4.69) is 0 Å². The van der Waals surface area contributed by atoms with E-state index in [4.69, 9.17) is 31.1 Å². The van der Waals surface area contributed by atoms with Crippen molar-refractivity contribution in [1.82, 2.24) is 0 Å². The van der Waals surface area contributed by atoms with Crippen LogP contribution >= 0.6 is 11.6 Å². The van der Waals surface area contributed by atoms with Gasteiger partial charge in [-0.2, -0.15) is 5.26 Å². The van der Waals surface area contributed by atoms with Crippen LogP contribution in [0.15, 0.2) is 18.2 Å². The average Bonchev–Trinajstić information content (AvgIpc) is 2.36. The van der Waals surface area contributed by atoms with Crippen LogP contribution in [0, 0.1) is 11.3 Å². The summed E-state index contributed by atoms with van der Waals surface area (Å²) in [6.07, 6.45) is 1.23. The van der Waals surface area contributed by atoms with Crippen molar-refractivity contribution < 1.29 is 14.2 Å². The van der Waals surface area contributed by atoms with Gasteiger partial charge < -0.3 is 14.2 Å². The van der Waals surface area contributed by atoms with Gasteiger partial charge in [-0.05, 0) is 12.1 Å². The molecule has 90 valence electrons. The maximum atomic E-state index is 8.58. The Bertz CT molecular complexity index is 477. The number of nitriles is 1. The van der Waals surface area contributed by atoms with Crippen LogP contribution in [0.4, 0.5) is 0 Å². The Balaban J connectivity index is 3.44. The standard InChI is InChI=1S/C12H12ClNO3/c1-15-10-5-4-8(9(13)6-7-14)11(16-2)12(10)17-3/h4-6H,1-3H3/b9-6-. The molecule has 0 N–H and O–H groups in total. The smallest absolute Gasteiger partial charge is 0.203 e. The molecule has 0 aromatic heterocycles. The van der Waals surface area contributed by atoms with Crippen molar-refractivity contribution in [3.8, 4) is 23.3 Å². The molecule has 0 amide bonds. The lowest BCUT2D eigenvalue weighted by atomic mass is 10.1. The van der Waals surface area contributed by atoms with E-state index in [9.17, 15) is 0 Å².